The van der Waals surface area contributed by atoms with Crippen LogP contribution in [0.2, 0.25) is 10.0 Å². The number of carbonyl (C=O) groups excluding carboxylic acids is 1. The Kier molecular flexibility index (Phi) is 6.75. The molecule has 0 radical (unpaired) electrons. The normalized spacial score (nSPS) is 10.4. The fourth-order valence-electron chi connectivity index (χ4n) is 2.07. The van der Waals surface area contributed by atoms with Crippen molar-refractivity contribution in [2.75, 3.05) is 6.61 Å². The van der Waals surface area contributed by atoms with Crippen molar-refractivity contribution in [3.05, 3.63) is 63.6 Å². The Bertz CT molecular complexity index is 674. The molecule has 0 aliphatic carbocycles. The van der Waals surface area contributed by atoms with Crippen molar-refractivity contribution >= 4 is 29.1 Å². The second-order valence-corrected chi connectivity index (χ2v) is 6.11. The Labute approximate surface area is 146 Å². The van der Waals surface area contributed by atoms with Crippen LogP contribution in [0.15, 0.2) is 42.5 Å². The molecule has 0 unspecified atom stereocenters. The van der Waals surface area contributed by atoms with Crippen LogP contribution < -0.4 is 10.1 Å². The molecule has 0 heterocycles. The summed E-state index contributed by atoms with van der Waals surface area (Å²) >= 11 is 11.9. The summed E-state index contributed by atoms with van der Waals surface area (Å²) in [5.41, 5.74) is 1.96. The second-order valence-electron chi connectivity index (χ2n) is 5.27. The third-order valence-electron chi connectivity index (χ3n) is 3.33. The van der Waals surface area contributed by atoms with Crippen LogP contribution in [0.5, 0.6) is 5.75 Å². The van der Waals surface area contributed by atoms with Gasteiger partial charge < -0.3 is 10.1 Å². The highest BCUT2D eigenvalue weighted by Gasteiger charge is 2.03. The SMILES string of the molecule is Cc1cc(OCCCC(=O)NCc2cccc(Cl)c2)ccc1Cl. The lowest BCUT2D eigenvalue weighted by atomic mass is 10.2. The smallest absolute Gasteiger partial charge is 0.220 e. The highest BCUT2D eigenvalue weighted by Crippen LogP contribution is 2.21. The van der Waals surface area contributed by atoms with Gasteiger partial charge in [-0.3, -0.25) is 4.79 Å². The minimum Gasteiger partial charge on any atom is -0.494 e. The van der Waals surface area contributed by atoms with E-state index in [9.17, 15) is 4.79 Å². The number of benzene rings is 2. The highest BCUT2D eigenvalue weighted by molar-refractivity contribution is 6.31. The molecule has 0 spiro atoms. The monoisotopic (exact) mass is 351 g/mol. The van der Waals surface area contributed by atoms with Gasteiger partial charge in [-0.25, -0.2) is 0 Å². The lowest BCUT2D eigenvalue weighted by molar-refractivity contribution is -0.121. The zero-order valence-electron chi connectivity index (χ0n) is 12.9. The van der Waals surface area contributed by atoms with Gasteiger partial charge in [0.2, 0.25) is 5.91 Å². The minimum absolute atomic E-state index is 0.000798. The highest BCUT2D eigenvalue weighted by atomic mass is 35.5. The molecule has 122 valence electrons. The third kappa shape index (κ3) is 6.12. The third-order valence-corrected chi connectivity index (χ3v) is 3.98. The summed E-state index contributed by atoms with van der Waals surface area (Å²) < 4.78 is 5.61. The van der Waals surface area contributed by atoms with Crippen LogP contribution in [0.3, 0.4) is 0 Å². The number of ether oxygens (including phenoxy) is 1. The van der Waals surface area contributed by atoms with E-state index in [0.29, 0.717) is 31.0 Å². The van der Waals surface area contributed by atoms with Gasteiger partial charge in [0.1, 0.15) is 5.75 Å². The molecular weight excluding hydrogens is 333 g/mol. The van der Waals surface area contributed by atoms with Gasteiger partial charge in [-0.2, -0.15) is 0 Å². The van der Waals surface area contributed by atoms with E-state index in [4.69, 9.17) is 27.9 Å². The molecule has 2 aromatic carbocycles. The van der Waals surface area contributed by atoms with Crippen LogP contribution in [0.1, 0.15) is 24.0 Å². The number of halogens is 2. The maximum Gasteiger partial charge on any atom is 0.220 e. The average molecular weight is 352 g/mol. The van der Waals surface area contributed by atoms with Crippen LogP contribution in [0.25, 0.3) is 0 Å². The van der Waals surface area contributed by atoms with E-state index in [1.807, 2.05) is 49.4 Å². The Balaban J connectivity index is 1.65. The lowest BCUT2D eigenvalue weighted by Gasteiger charge is -2.08. The van der Waals surface area contributed by atoms with Gasteiger partial charge in [0.15, 0.2) is 0 Å². The van der Waals surface area contributed by atoms with Crippen LogP contribution in [-0.2, 0) is 11.3 Å². The van der Waals surface area contributed by atoms with Gasteiger partial charge in [0, 0.05) is 23.0 Å². The average Bonchev–Trinajstić information content (AvgIpc) is 2.53. The molecule has 3 nitrogen and oxygen atoms in total. The molecule has 1 N–H and O–H groups in total. The van der Waals surface area contributed by atoms with Gasteiger partial charge in [-0.05, 0) is 54.8 Å². The Hall–Kier alpha value is -1.71. The molecule has 0 aliphatic heterocycles. The predicted octanol–water partition coefficient (Wildman–Crippen LogP) is 4.78. The van der Waals surface area contributed by atoms with Crippen molar-refractivity contribution in [2.45, 2.75) is 26.3 Å². The molecule has 5 heteroatoms. The van der Waals surface area contributed by atoms with Crippen molar-refractivity contribution in [1.29, 1.82) is 0 Å². The zero-order chi connectivity index (χ0) is 16.7. The molecule has 23 heavy (non-hydrogen) atoms. The van der Waals surface area contributed by atoms with Crippen LogP contribution >= 0.6 is 23.2 Å². The fraction of sp³-hybridized carbons (Fsp3) is 0.278. The first kappa shape index (κ1) is 17.6. The molecule has 0 atom stereocenters. The molecule has 1 amide bonds. The van der Waals surface area contributed by atoms with Gasteiger partial charge in [0.25, 0.3) is 0 Å². The number of amides is 1. The number of hydrogen-bond acceptors (Lipinski definition) is 2. The predicted molar refractivity (Wildman–Crippen MR) is 94.2 cm³/mol. The van der Waals surface area contributed by atoms with Gasteiger partial charge in [-0.15, -0.1) is 0 Å². The van der Waals surface area contributed by atoms with Gasteiger partial charge in [-0.1, -0.05) is 35.3 Å². The Morgan fingerprint density at radius 3 is 2.74 bits per heavy atom. The summed E-state index contributed by atoms with van der Waals surface area (Å²) in [6.45, 7) is 2.90. The van der Waals surface area contributed by atoms with Crippen molar-refractivity contribution in [3.63, 3.8) is 0 Å². The van der Waals surface area contributed by atoms with E-state index in [2.05, 4.69) is 5.32 Å². The number of hydrogen-bond donors (Lipinski definition) is 1. The number of carbonyl (C=O) groups is 1. The fourth-order valence-corrected chi connectivity index (χ4v) is 2.40. The standard InChI is InChI=1S/C18H19Cl2NO2/c1-13-10-16(7-8-17(13)20)23-9-3-6-18(22)21-12-14-4-2-5-15(19)11-14/h2,4-5,7-8,10-11H,3,6,9,12H2,1H3,(H,21,22). The quantitative estimate of drug-likeness (QED) is 0.729. The van der Waals surface area contributed by atoms with E-state index >= 15 is 0 Å². The van der Waals surface area contributed by atoms with E-state index in [1.54, 1.807) is 0 Å². The summed E-state index contributed by atoms with van der Waals surface area (Å²) in [6.07, 6.45) is 1.08. The first-order chi connectivity index (χ1) is 11.0. The Morgan fingerprint density at radius 2 is 2.00 bits per heavy atom. The van der Waals surface area contributed by atoms with Crippen molar-refractivity contribution in [2.24, 2.45) is 0 Å². The van der Waals surface area contributed by atoms with Crippen molar-refractivity contribution < 1.29 is 9.53 Å². The van der Waals surface area contributed by atoms with Gasteiger partial charge in [0.05, 0.1) is 6.61 Å². The maximum atomic E-state index is 11.8. The molecule has 2 aromatic rings. The molecular formula is C18H19Cl2NO2. The molecule has 0 aromatic heterocycles. The number of rotatable bonds is 7. The first-order valence-electron chi connectivity index (χ1n) is 7.44. The summed E-state index contributed by atoms with van der Waals surface area (Å²) in [4.78, 5) is 11.8. The van der Waals surface area contributed by atoms with Crippen LogP contribution in [0, 0.1) is 6.92 Å². The largest absolute Gasteiger partial charge is 0.494 e. The molecule has 0 saturated carbocycles. The number of nitrogens with one attached hydrogen (secondary N) is 1. The van der Waals surface area contributed by atoms with Crippen LogP contribution in [-0.4, -0.2) is 12.5 Å². The molecule has 0 aliphatic rings. The molecule has 2 rings (SSSR count). The summed E-state index contributed by atoms with van der Waals surface area (Å²) in [5, 5.41) is 4.26. The summed E-state index contributed by atoms with van der Waals surface area (Å²) in [5.74, 6) is 0.770. The Morgan fingerprint density at radius 1 is 1.17 bits per heavy atom. The van der Waals surface area contributed by atoms with Crippen LogP contribution in [0.4, 0.5) is 0 Å². The minimum atomic E-state index is 0.000798. The number of aryl methyl sites for hydroxylation is 1. The van der Waals surface area contributed by atoms with Crippen molar-refractivity contribution in [1.82, 2.24) is 5.32 Å². The summed E-state index contributed by atoms with van der Waals surface area (Å²) in [6, 6.07) is 13.0. The van der Waals surface area contributed by atoms with E-state index in [-0.39, 0.29) is 5.91 Å². The van der Waals surface area contributed by atoms with E-state index in [0.717, 1.165) is 21.9 Å². The molecule has 0 bridgehead atoms. The molecule has 0 fully saturated rings. The van der Waals surface area contributed by atoms with Gasteiger partial charge >= 0.3 is 0 Å². The maximum absolute atomic E-state index is 11.8. The van der Waals surface area contributed by atoms with E-state index in [1.165, 1.54) is 0 Å². The summed E-state index contributed by atoms with van der Waals surface area (Å²) in [7, 11) is 0. The zero-order valence-corrected chi connectivity index (χ0v) is 14.5. The van der Waals surface area contributed by atoms with Crippen molar-refractivity contribution in [3.8, 4) is 5.75 Å². The van der Waals surface area contributed by atoms with E-state index < -0.39 is 0 Å². The first-order valence-corrected chi connectivity index (χ1v) is 8.20. The molecule has 0 saturated heterocycles. The topological polar surface area (TPSA) is 38.3 Å². The lowest BCUT2D eigenvalue weighted by Crippen LogP contribution is -2.22. The second kappa shape index (κ2) is 8.80.